The van der Waals surface area contributed by atoms with Crippen LogP contribution in [0.4, 0.5) is 0 Å². The minimum Gasteiger partial charge on any atom is -0.493 e. The number of rotatable bonds is 5. The summed E-state index contributed by atoms with van der Waals surface area (Å²) < 4.78 is 11.1. The fourth-order valence-corrected chi connectivity index (χ4v) is 3.48. The van der Waals surface area contributed by atoms with Gasteiger partial charge in [0.1, 0.15) is 0 Å². The van der Waals surface area contributed by atoms with Crippen LogP contribution in [0, 0.1) is 32.1 Å². The fraction of sp³-hybridized carbons (Fsp3) is 0.154. The molecule has 30 heavy (non-hydrogen) atoms. The molecule has 4 heteroatoms. The molecule has 0 aliphatic heterocycles. The number of allylic oxidation sites excluding steroid dienone is 1. The van der Waals surface area contributed by atoms with Gasteiger partial charge < -0.3 is 9.47 Å². The van der Waals surface area contributed by atoms with Gasteiger partial charge in [-0.15, -0.1) is 0 Å². The molecule has 3 aromatic carbocycles. The Balaban J connectivity index is 1.91. The number of ether oxygens (including phenoxy) is 2. The van der Waals surface area contributed by atoms with Crippen molar-refractivity contribution in [1.82, 2.24) is 0 Å². The molecule has 4 nitrogen and oxygen atoms in total. The normalized spacial score (nSPS) is 11.0. The van der Waals surface area contributed by atoms with Crippen molar-refractivity contribution in [1.29, 1.82) is 5.26 Å². The Bertz CT molecular complexity index is 1130. The monoisotopic (exact) mass is 397 g/mol. The molecule has 0 unspecified atom stereocenters. The number of hydrogen-bond donors (Lipinski definition) is 0. The predicted molar refractivity (Wildman–Crippen MR) is 119 cm³/mol. The van der Waals surface area contributed by atoms with E-state index in [1.807, 2.05) is 63.2 Å². The van der Waals surface area contributed by atoms with Crippen molar-refractivity contribution < 1.29 is 14.3 Å². The van der Waals surface area contributed by atoms with Crippen LogP contribution in [0.15, 0.2) is 60.7 Å². The summed E-state index contributed by atoms with van der Waals surface area (Å²) in [5.41, 5.74) is 5.54. The maximum Gasteiger partial charge on any atom is 0.344 e. The molecule has 3 aromatic rings. The maximum absolute atomic E-state index is 12.8. The molecule has 0 atom stereocenters. The van der Waals surface area contributed by atoms with E-state index in [-0.39, 0.29) is 0 Å². The van der Waals surface area contributed by atoms with Gasteiger partial charge in [-0.3, -0.25) is 0 Å². The Kier molecular flexibility index (Phi) is 6.34. The molecule has 0 aromatic heterocycles. The van der Waals surface area contributed by atoms with Crippen molar-refractivity contribution in [2.45, 2.75) is 20.8 Å². The molecule has 0 amide bonds. The van der Waals surface area contributed by atoms with Crippen LogP contribution in [0.3, 0.4) is 0 Å². The summed E-state index contributed by atoms with van der Waals surface area (Å²) in [4.78, 5) is 12.8. The van der Waals surface area contributed by atoms with Gasteiger partial charge in [0.2, 0.25) is 0 Å². The summed E-state index contributed by atoms with van der Waals surface area (Å²) in [5, 5.41) is 9.52. The highest BCUT2D eigenvalue weighted by atomic mass is 16.6. The molecular formula is C26H23NO3. The van der Waals surface area contributed by atoms with E-state index in [0.717, 1.165) is 27.8 Å². The van der Waals surface area contributed by atoms with Crippen molar-refractivity contribution in [2.75, 3.05) is 7.11 Å². The molecule has 0 spiro atoms. The zero-order valence-corrected chi connectivity index (χ0v) is 17.5. The number of esters is 1. The highest BCUT2D eigenvalue weighted by Crippen LogP contribution is 2.31. The smallest absolute Gasteiger partial charge is 0.344 e. The number of hydrogen-bond acceptors (Lipinski definition) is 4. The van der Waals surface area contributed by atoms with Crippen molar-refractivity contribution in [2.24, 2.45) is 0 Å². The van der Waals surface area contributed by atoms with Gasteiger partial charge >= 0.3 is 5.97 Å². The number of carbonyl (C=O) groups is 1. The van der Waals surface area contributed by atoms with Crippen LogP contribution < -0.4 is 9.47 Å². The molecule has 0 bridgehead atoms. The van der Waals surface area contributed by atoms with Gasteiger partial charge in [0, 0.05) is 0 Å². The highest BCUT2D eigenvalue weighted by Gasteiger charge is 2.17. The highest BCUT2D eigenvalue weighted by molar-refractivity contribution is 5.95. The van der Waals surface area contributed by atoms with Gasteiger partial charge in [-0.1, -0.05) is 54.1 Å². The Morgan fingerprint density at radius 1 is 0.933 bits per heavy atom. The number of benzene rings is 3. The molecule has 0 saturated heterocycles. The molecule has 0 radical (unpaired) electrons. The summed E-state index contributed by atoms with van der Waals surface area (Å²) in [6, 6.07) is 20.8. The van der Waals surface area contributed by atoms with Crippen molar-refractivity contribution in [3.8, 4) is 17.6 Å². The number of carbonyl (C=O) groups excluding carboxylic acids is 1. The van der Waals surface area contributed by atoms with E-state index in [2.05, 4.69) is 6.07 Å². The largest absolute Gasteiger partial charge is 0.493 e. The quantitative estimate of drug-likeness (QED) is 0.233. The van der Waals surface area contributed by atoms with Gasteiger partial charge in [0.25, 0.3) is 0 Å². The van der Waals surface area contributed by atoms with Crippen LogP contribution in [-0.4, -0.2) is 13.1 Å². The summed E-state index contributed by atoms with van der Waals surface area (Å²) in [5.74, 6) is 0.329. The minimum absolute atomic E-state index is 0.331. The van der Waals surface area contributed by atoms with Crippen LogP contribution in [0.25, 0.3) is 11.6 Å². The third kappa shape index (κ3) is 4.59. The zero-order valence-electron chi connectivity index (χ0n) is 17.5. The first-order chi connectivity index (χ1) is 14.4. The average molecular weight is 397 g/mol. The van der Waals surface area contributed by atoms with Gasteiger partial charge in [0.05, 0.1) is 24.3 Å². The van der Waals surface area contributed by atoms with E-state index in [0.29, 0.717) is 22.6 Å². The zero-order chi connectivity index (χ0) is 21.7. The summed E-state index contributed by atoms with van der Waals surface area (Å²) in [6.45, 7) is 5.79. The predicted octanol–water partition coefficient (Wildman–Crippen LogP) is 5.90. The standard InChI is InChI=1S/C26H23NO3/c1-17-12-18(2)25(19(3)13-17)26(28)30-23-11-10-20(15-24(23)29-4)14-22(16-27)21-8-6-5-7-9-21/h5-15H,1-4H3/b22-14+. The lowest BCUT2D eigenvalue weighted by atomic mass is 10.00. The van der Waals surface area contributed by atoms with Crippen LogP contribution in [0.1, 0.15) is 38.2 Å². The van der Waals surface area contributed by atoms with Crippen molar-refractivity contribution in [3.05, 3.63) is 94.0 Å². The minimum atomic E-state index is -0.423. The molecule has 0 aliphatic carbocycles. The molecule has 0 saturated carbocycles. The van der Waals surface area contributed by atoms with Gasteiger partial charge in [-0.05, 0) is 61.2 Å². The van der Waals surface area contributed by atoms with E-state index in [9.17, 15) is 10.1 Å². The van der Waals surface area contributed by atoms with Crippen LogP contribution >= 0.6 is 0 Å². The van der Waals surface area contributed by atoms with Gasteiger partial charge in [-0.25, -0.2) is 4.79 Å². The van der Waals surface area contributed by atoms with E-state index in [1.165, 1.54) is 7.11 Å². The Labute approximate surface area is 177 Å². The van der Waals surface area contributed by atoms with Crippen LogP contribution in [0.2, 0.25) is 0 Å². The molecule has 0 aliphatic rings. The van der Waals surface area contributed by atoms with E-state index < -0.39 is 5.97 Å². The molecule has 0 fully saturated rings. The second-order valence-corrected chi connectivity index (χ2v) is 7.11. The Morgan fingerprint density at radius 2 is 1.60 bits per heavy atom. The third-order valence-corrected chi connectivity index (χ3v) is 4.79. The molecule has 0 N–H and O–H groups in total. The van der Waals surface area contributed by atoms with E-state index >= 15 is 0 Å². The molecule has 0 heterocycles. The summed E-state index contributed by atoms with van der Waals surface area (Å²) >= 11 is 0. The first-order valence-electron chi connectivity index (χ1n) is 9.58. The summed E-state index contributed by atoms with van der Waals surface area (Å²) in [7, 11) is 1.52. The Morgan fingerprint density at radius 3 is 2.20 bits per heavy atom. The maximum atomic E-state index is 12.8. The van der Waals surface area contributed by atoms with Gasteiger partial charge in [0.15, 0.2) is 11.5 Å². The fourth-order valence-electron chi connectivity index (χ4n) is 3.48. The second-order valence-electron chi connectivity index (χ2n) is 7.11. The van der Waals surface area contributed by atoms with E-state index in [4.69, 9.17) is 9.47 Å². The van der Waals surface area contributed by atoms with Crippen molar-refractivity contribution >= 4 is 17.6 Å². The molecule has 150 valence electrons. The lowest BCUT2D eigenvalue weighted by Crippen LogP contribution is -2.13. The average Bonchev–Trinajstić information content (AvgIpc) is 2.72. The van der Waals surface area contributed by atoms with Crippen molar-refractivity contribution in [3.63, 3.8) is 0 Å². The summed E-state index contributed by atoms with van der Waals surface area (Å²) in [6.07, 6.45) is 1.78. The van der Waals surface area contributed by atoms with Crippen LogP contribution in [-0.2, 0) is 0 Å². The second kappa shape index (κ2) is 9.11. The third-order valence-electron chi connectivity index (χ3n) is 4.79. The SMILES string of the molecule is COc1cc(/C=C(\C#N)c2ccccc2)ccc1OC(=O)c1c(C)cc(C)cc1C. The first kappa shape index (κ1) is 20.9. The molecule has 3 rings (SSSR count). The van der Waals surface area contributed by atoms with E-state index in [1.54, 1.807) is 24.3 Å². The first-order valence-corrected chi connectivity index (χ1v) is 9.58. The number of nitriles is 1. The topological polar surface area (TPSA) is 59.3 Å². The number of methoxy groups -OCH3 is 1. The lowest BCUT2D eigenvalue weighted by molar-refractivity contribution is 0.0728. The number of nitrogens with zero attached hydrogens (tertiary/aromatic N) is 1. The van der Waals surface area contributed by atoms with Gasteiger partial charge in [-0.2, -0.15) is 5.26 Å². The number of aryl methyl sites for hydroxylation is 3. The lowest BCUT2D eigenvalue weighted by Gasteiger charge is -2.13. The Hall–Kier alpha value is -3.84. The molecular weight excluding hydrogens is 374 g/mol. The van der Waals surface area contributed by atoms with Crippen LogP contribution in [0.5, 0.6) is 11.5 Å².